The number of benzene rings is 8. The third-order valence-corrected chi connectivity index (χ3v) is 10.7. The van der Waals surface area contributed by atoms with Crippen LogP contribution in [0.5, 0.6) is 0 Å². The van der Waals surface area contributed by atoms with Crippen molar-refractivity contribution in [2.24, 2.45) is 0 Å². The summed E-state index contributed by atoms with van der Waals surface area (Å²) >= 11 is 0. The van der Waals surface area contributed by atoms with E-state index in [-0.39, 0.29) is 10.9 Å². The summed E-state index contributed by atoms with van der Waals surface area (Å²) < 4.78 is 12.2. The van der Waals surface area contributed by atoms with Crippen molar-refractivity contribution in [2.45, 2.75) is 0 Å². The Morgan fingerprint density at radius 2 is 0.567 bits per heavy atom. The zero-order valence-electron chi connectivity index (χ0n) is 32.3. The lowest BCUT2D eigenvalue weighted by Gasteiger charge is -2.26. The lowest BCUT2D eigenvalue weighted by molar-refractivity contribution is 0.618. The molecule has 0 aliphatic carbocycles. The van der Waals surface area contributed by atoms with Gasteiger partial charge in [-0.2, -0.15) is 0 Å². The second kappa shape index (κ2) is 15.6. The highest BCUT2D eigenvalue weighted by atomic mass is 16.3. The summed E-state index contributed by atoms with van der Waals surface area (Å²) in [5.41, 5.74) is 10.9. The van der Waals surface area contributed by atoms with Crippen LogP contribution < -0.4 is 20.7 Å². The highest BCUT2D eigenvalue weighted by Crippen LogP contribution is 2.39. The first-order chi connectivity index (χ1) is 29.6. The topological polar surface area (TPSA) is 66.9 Å². The third-order valence-electron chi connectivity index (χ3n) is 10.7. The van der Waals surface area contributed by atoms with E-state index in [1.807, 2.05) is 97.1 Å². The molecule has 0 aliphatic rings. The van der Waals surface area contributed by atoms with Crippen LogP contribution in [0.3, 0.4) is 0 Å². The maximum Gasteiger partial charge on any atom is 0.193 e. The molecule has 2 heterocycles. The number of nitrogens with zero attached hydrogens (tertiary/aromatic N) is 2. The molecule has 8 aromatic carbocycles. The lowest BCUT2D eigenvalue weighted by atomic mass is 10.0. The van der Waals surface area contributed by atoms with Crippen LogP contribution in [0.15, 0.2) is 237 Å². The van der Waals surface area contributed by atoms with E-state index in [1.54, 1.807) is 24.3 Å². The van der Waals surface area contributed by atoms with Gasteiger partial charge in [-0.05, 0) is 132 Å². The molecule has 10 rings (SSSR count). The number of fused-ring (bicyclic) bond motifs is 2. The Bertz CT molecular complexity index is 2990. The molecule has 6 heteroatoms. The SMILES string of the molecule is O=c1cc(-c2ccc(N(c3ccccc3)c3ccc(-c4ccc(N(c5ccccc5)c5ccc(-c6cc(=O)c7ccccc7o6)cc5)cc4)cc3)cc2)oc2ccccc12. The van der Waals surface area contributed by atoms with Gasteiger partial charge in [0.15, 0.2) is 10.9 Å². The first-order valence-corrected chi connectivity index (χ1v) is 19.7. The zero-order valence-corrected chi connectivity index (χ0v) is 32.3. The van der Waals surface area contributed by atoms with Crippen LogP contribution in [0.4, 0.5) is 34.1 Å². The van der Waals surface area contributed by atoms with Crippen molar-refractivity contribution in [3.8, 4) is 33.8 Å². The molecule has 0 N–H and O–H groups in total. The van der Waals surface area contributed by atoms with Gasteiger partial charge in [-0.1, -0.05) is 84.9 Å². The molecule has 0 amide bonds. The van der Waals surface area contributed by atoms with E-state index in [0.29, 0.717) is 33.5 Å². The standard InChI is InChI=1S/C54H36N2O4/c57-49-35-53(59-51-17-9-7-15-47(49)51)39-23-31-45(32-24-39)55(41-11-3-1-4-12-41)43-27-19-37(20-28-43)38-21-29-44(30-22-38)56(42-13-5-2-6-14-42)46-33-25-40(26-34-46)54-36-50(58)48-16-8-10-18-52(48)60-54/h1-36H. The van der Waals surface area contributed by atoms with Crippen LogP contribution in [0.1, 0.15) is 0 Å². The average Bonchev–Trinajstić information content (AvgIpc) is 3.31. The molecule has 0 aliphatic heterocycles. The zero-order chi connectivity index (χ0) is 40.4. The van der Waals surface area contributed by atoms with Crippen molar-refractivity contribution in [1.29, 1.82) is 0 Å². The maximum absolute atomic E-state index is 12.8. The van der Waals surface area contributed by atoms with Gasteiger partial charge in [0.05, 0.1) is 10.8 Å². The molecule has 0 saturated carbocycles. The fourth-order valence-electron chi connectivity index (χ4n) is 7.70. The van der Waals surface area contributed by atoms with E-state index in [4.69, 9.17) is 8.83 Å². The van der Waals surface area contributed by atoms with Crippen molar-refractivity contribution in [3.05, 3.63) is 239 Å². The maximum atomic E-state index is 12.8. The van der Waals surface area contributed by atoms with E-state index >= 15 is 0 Å². The molecule has 0 radical (unpaired) electrons. The van der Waals surface area contributed by atoms with Gasteiger partial charge in [0, 0.05) is 57.4 Å². The summed E-state index contributed by atoms with van der Waals surface area (Å²) in [5, 5.41) is 1.14. The molecular formula is C54H36N2O4. The molecule has 0 saturated heterocycles. The van der Waals surface area contributed by atoms with Crippen molar-refractivity contribution >= 4 is 56.1 Å². The fraction of sp³-hybridized carbons (Fsp3) is 0. The van der Waals surface area contributed by atoms with Crippen LogP contribution in [0.25, 0.3) is 55.7 Å². The Hall–Kier alpha value is -8.22. The predicted molar refractivity (Wildman–Crippen MR) is 244 cm³/mol. The van der Waals surface area contributed by atoms with E-state index in [0.717, 1.165) is 56.4 Å². The van der Waals surface area contributed by atoms with Crippen LogP contribution in [0.2, 0.25) is 0 Å². The van der Waals surface area contributed by atoms with Gasteiger partial charge in [0.1, 0.15) is 22.7 Å². The molecular weight excluding hydrogens is 741 g/mol. The van der Waals surface area contributed by atoms with E-state index < -0.39 is 0 Å². The molecule has 286 valence electrons. The average molecular weight is 777 g/mol. The number of para-hydroxylation sites is 4. The van der Waals surface area contributed by atoms with Crippen LogP contribution in [0, 0.1) is 0 Å². The Morgan fingerprint density at radius 3 is 0.917 bits per heavy atom. The molecule has 0 unspecified atom stereocenters. The first kappa shape index (κ1) is 36.1. The fourth-order valence-corrected chi connectivity index (χ4v) is 7.70. The molecule has 60 heavy (non-hydrogen) atoms. The molecule has 2 aromatic heterocycles. The summed E-state index contributed by atoms with van der Waals surface area (Å²) in [5.74, 6) is 1.06. The van der Waals surface area contributed by atoms with Crippen molar-refractivity contribution in [1.82, 2.24) is 0 Å². The number of hydrogen-bond acceptors (Lipinski definition) is 6. The molecule has 0 fully saturated rings. The molecule has 0 bridgehead atoms. The van der Waals surface area contributed by atoms with Gasteiger partial charge < -0.3 is 18.6 Å². The Kier molecular flexibility index (Phi) is 9.40. The van der Waals surface area contributed by atoms with Gasteiger partial charge in [-0.3, -0.25) is 9.59 Å². The largest absolute Gasteiger partial charge is 0.456 e. The quantitative estimate of drug-likeness (QED) is 0.145. The number of hydrogen-bond donors (Lipinski definition) is 0. The van der Waals surface area contributed by atoms with E-state index in [9.17, 15) is 9.59 Å². The minimum Gasteiger partial charge on any atom is -0.456 e. The van der Waals surface area contributed by atoms with E-state index in [2.05, 4.69) is 107 Å². The normalized spacial score (nSPS) is 11.1. The second-order valence-corrected chi connectivity index (χ2v) is 14.5. The molecule has 0 spiro atoms. The summed E-state index contributed by atoms with van der Waals surface area (Å²) in [6.45, 7) is 0. The minimum atomic E-state index is -0.0636. The summed E-state index contributed by atoms with van der Waals surface area (Å²) in [6.07, 6.45) is 0. The highest BCUT2D eigenvalue weighted by molar-refractivity contribution is 5.84. The van der Waals surface area contributed by atoms with Crippen LogP contribution >= 0.6 is 0 Å². The highest BCUT2D eigenvalue weighted by Gasteiger charge is 2.16. The summed E-state index contributed by atoms with van der Waals surface area (Å²) in [7, 11) is 0. The van der Waals surface area contributed by atoms with Gasteiger partial charge in [-0.25, -0.2) is 0 Å². The van der Waals surface area contributed by atoms with Crippen LogP contribution in [-0.4, -0.2) is 0 Å². The second-order valence-electron chi connectivity index (χ2n) is 14.5. The minimum absolute atomic E-state index is 0.0636. The molecule has 10 aromatic rings. The van der Waals surface area contributed by atoms with Crippen LogP contribution in [-0.2, 0) is 0 Å². The predicted octanol–water partition coefficient (Wildman–Crippen LogP) is 13.8. The van der Waals surface area contributed by atoms with Crippen molar-refractivity contribution < 1.29 is 8.83 Å². The monoisotopic (exact) mass is 776 g/mol. The first-order valence-electron chi connectivity index (χ1n) is 19.7. The van der Waals surface area contributed by atoms with Gasteiger partial charge in [0.25, 0.3) is 0 Å². The smallest absolute Gasteiger partial charge is 0.193 e. The summed E-state index contributed by atoms with van der Waals surface area (Å²) in [6, 6.07) is 71.6. The lowest BCUT2D eigenvalue weighted by Crippen LogP contribution is -2.10. The Balaban J connectivity index is 0.929. The molecule has 0 atom stereocenters. The van der Waals surface area contributed by atoms with Crippen molar-refractivity contribution in [3.63, 3.8) is 0 Å². The van der Waals surface area contributed by atoms with Gasteiger partial charge in [0.2, 0.25) is 0 Å². The Labute approximate surface area is 346 Å². The summed E-state index contributed by atoms with van der Waals surface area (Å²) in [4.78, 5) is 30.1. The van der Waals surface area contributed by atoms with Gasteiger partial charge in [-0.15, -0.1) is 0 Å². The van der Waals surface area contributed by atoms with Crippen molar-refractivity contribution in [2.75, 3.05) is 9.80 Å². The van der Waals surface area contributed by atoms with E-state index in [1.165, 1.54) is 0 Å². The molecule has 6 nitrogen and oxygen atoms in total. The number of anilines is 6. The number of rotatable bonds is 9. The Morgan fingerprint density at radius 1 is 0.283 bits per heavy atom. The van der Waals surface area contributed by atoms with Gasteiger partial charge >= 0.3 is 0 Å². The third kappa shape index (κ3) is 7.03.